The maximum absolute atomic E-state index is 13.9. The molecule has 0 aromatic heterocycles. The van der Waals surface area contributed by atoms with Crippen molar-refractivity contribution < 1.29 is 4.39 Å². The number of likely N-dealkylation sites (tertiary alicyclic amines) is 1. The van der Waals surface area contributed by atoms with Gasteiger partial charge in [0.25, 0.3) is 0 Å². The van der Waals surface area contributed by atoms with Gasteiger partial charge in [-0.3, -0.25) is 4.90 Å². The average molecular weight is 280 g/mol. The molecule has 1 aromatic rings. The van der Waals surface area contributed by atoms with Crippen LogP contribution in [0.2, 0.25) is 0 Å². The lowest BCUT2D eigenvalue weighted by Gasteiger charge is -2.38. The Morgan fingerprint density at radius 3 is 2.84 bits per heavy atom. The highest BCUT2D eigenvalue weighted by Gasteiger charge is 2.26. The van der Waals surface area contributed by atoms with Gasteiger partial charge < -0.3 is 5.73 Å². The van der Waals surface area contributed by atoms with Crippen molar-refractivity contribution in [2.75, 3.05) is 13.1 Å². The molecule has 2 nitrogen and oxygen atoms in total. The first-order valence-corrected chi connectivity index (χ1v) is 7.09. The molecule has 2 N–H and O–H groups in total. The number of hydrogen-bond donors (Lipinski definition) is 1. The van der Waals surface area contributed by atoms with Gasteiger partial charge in [-0.05, 0) is 43.0 Å². The monoisotopic (exact) mass is 280 g/mol. The van der Waals surface area contributed by atoms with E-state index >= 15 is 0 Å². The van der Waals surface area contributed by atoms with Crippen molar-refractivity contribution in [1.82, 2.24) is 4.90 Å². The standard InChI is InChI=1S/C15H21FN2S/c1-15(2)6-3-7-18(10-15)9-12-8-11(14(17)19)4-5-13(12)16/h4-5,8H,3,6-7,9-10H2,1-2H3,(H2,17,19). The molecule has 0 bridgehead atoms. The maximum Gasteiger partial charge on any atom is 0.127 e. The molecule has 104 valence electrons. The molecule has 19 heavy (non-hydrogen) atoms. The van der Waals surface area contributed by atoms with Gasteiger partial charge in [0.15, 0.2) is 0 Å². The molecule has 1 fully saturated rings. The van der Waals surface area contributed by atoms with Crippen LogP contribution in [0.15, 0.2) is 18.2 Å². The lowest BCUT2D eigenvalue weighted by molar-refractivity contribution is 0.110. The molecule has 4 heteroatoms. The smallest absolute Gasteiger partial charge is 0.127 e. The molecule has 0 atom stereocenters. The van der Waals surface area contributed by atoms with Gasteiger partial charge in [0.2, 0.25) is 0 Å². The van der Waals surface area contributed by atoms with Gasteiger partial charge in [-0.1, -0.05) is 26.1 Å². The third-order valence-corrected chi connectivity index (χ3v) is 3.94. The lowest BCUT2D eigenvalue weighted by atomic mass is 9.84. The number of nitrogens with two attached hydrogens (primary N) is 1. The second kappa shape index (κ2) is 5.55. The topological polar surface area (TPSA) is 29.3 Å². The molecule has 1 saturated heterocycles. The Bertz CT molecular complexity index is 485. The van der Waals surface area contributed by atoms with Crippen LogP contribution in [-0.4, -0.2) is 23.0 Å². The summed E-state index contributed by atoms with van der Waals surface area (Å²) in [5, 5.41) is 0. The quantitative estimate of drug-likeness (QED) is 0.863. The van der Waals surface area contributed by atoms with Crippen LogP contribution < -0.4 is 5.73 Å². The predicted octanol–water partition coefficient (Wildman–Crippen LogP) is 3.08. The zero-order valence-electron chi connectivity index (χ0n) is 11.6. The molecular weight excluding hydrogens is 259 g/mol. The Morgan fingerprint density at radius 1 is 1.47 bits per heavy atom. The highest BCUT2D eigenvalue weighted by atomic mass is 32.1. The molecule has 0 amide bonds. The van der Waals surface area contributed by atoms with E-state index in [9.17, 15) is 4.39 Å². The summed E-state index contributed by atoms with van der Waals surface area (Å²) in [6.07, 6.45) is 2.41. The van der Waals surface area contributed by atoms with Gasteiger partial charge in [-0.2, -0.15) is 0 Å². The van der Waals surface area contributed by atoms with E-state index < -0.39 is 0 Å². The summed E-state index contributed by atoms with van der Waals surface area (Å²) in [5.74, 6) is -0.177. The summed E-state index contributed by atoms with van der Waals surface area (Å²) in [7, 11) is 0. The van der Waals surface area contributed by atoms with Gasteiger partial charge >= 0.3 is 0 Å². The van der Waals surface area contributed by atoms with Gasteiger partial charge in [-0.15, -0.1) is 0 Å². The predicted molar refractivity (Wildman–Crippen MR) is 80.6 cm³/mol. The second-order valence-electron chi connectivity index (χ2n) is 6.15. The van der Waals surface area contributed by atoms with E-state index in [2.05, 4.69) is 18.7 Å². The van der Waals surface area contributed by atoms with Crippen molar-refractivity contribution in [1.29, 1.82) is 0 Å². The third kappa shape index (κ3) is 3.74. The first kappa shape index (κ1) is 14.4. The molecule has 0 aliphatic carbocycles. The highest BCUT2D eigenvalue weighted by Crippen LogP contribution is 2.29. The molecule has 1 aliphatic rings. The molecule has 0 spiro atoms. The first-order chi connectivity index (χ1) is 8.87. The van der Waals surface area contributed by atoms with Gasteiger partial charge in [0, 0.05) is 24.2 Å². The van der Waals surface area contributed by atoms with E-state index in [-0.39, 0.29) is 5.82 Å². The van der Waals surface area contributed by atoms with Gasteiger partial charge in [0.1, 0.15) is 10.8 Å². The normalized spacial score (nSPS) is 19.3. The minimum absolute atomic E-state index is 0.177. The largest absolute Gasteiger partial charge is 0.389 e. The van der Waals surface area contributed by atoms with Crippen LogP contribution >= 0.6 is 12.2 Å². The number of halogens is 1. The molecule has 0 saturated carbocycles. The molecule has 1 heterocycles. The van der Waals surface area contributed by atoms with Crippen molar-refractivity contribution in [2.24, 2.45) is 11.1 Å². The summed E-state index contributed by atoms with van der Waals surface area (Å²) in [6, 6.07) is 4.87. The highest BCUT2D eigenvalue weighted by molar-refractivity contribution is 7.80. The van der Waals surface area contributed by atoms with Crippen LogP contribution in [0.25, 0.3) is 0 Å². The van der Waals surface area contributed by atoms with Crippen molar-refractivity contribution >= 4 is 17.2 Å². The number of nitrogens with zero attached hydrogens (tertiary/aromatic N) is 1. The van der Waals surface area contributed by atoms with Crippen molar-refractivity contribution in [3.05, 3.63) is 35.1 Å². The molecular formula is C15H21FN2S. The fraction of sp³-hybridized carbons (Fsp3) is 0.533. The van der Waals surface area contributed by atoms with E-state index in [1.54, 1.807) is 12.1 Å². The Kier molecular flexibility index (Phi) is 4.21. The average Bonchev–Trinajstić information content (AvgIpc) is 2.30. The number of hydrogen-bond acceptors (Lipinski definition) is 2. The maximum atomic E-state index is 13.9. The summed E-state index contributed by atoms with van der Waals surface area (Å²) < 4.78 is 13.9. The fourth-order valence-corrected chi connectivity index (χ4v) is 2.90. The van der Waals surface area contributed by atoms with Crippen molar-refractivity contribution in [3.8, 4) is 0 Å². The number of benzene rings is 1. The first-order valence-electron chi connectivity index (χ1n) is 6.68. The fourth-order valence-electron chi connectivity index (χ4n) is 2.77. The number of thiocarbonyl (C=S) groups is 1. The Hall–Kier alpha value is -1.00. The lowest BCUT2D eigenvalue weighted by Crippen LogP contribution is -2.39. The molecule has 2 rings (SSSR count). The van der Waals surface area contributed by atoms with E-state index in [4.69, 9.17) is 18.0 Å². The molecule has 1 aliphatic heterocycles. The minimum Gasteiger partial charge on any atom is -0.389 e. The molecule has 1 aromatic carbocycles. The zero-order chi connectivity index (χ0) is 14.0. The van der Waals surface area contributed by atoms with Crippen LogP contribution in [0.5, 0.6) is 0 Å². The van der Waals surface area contributed by atoms with E-state index in [1.807, 2.05) is 0 Å². The minimum atomic E-state index is -0.177. The number of piperidine rings is 1. The molecule has 0 radical (unpaired) electrons. The van der Waals surface area contributed by atoms with Crippen LogP contribution in [-0.2, 0) is 6.54 Å². The Morgan fingerprint density at radius 2 is 2.21 bits per heavy atom. The van der Waals surface area contributed by atoms with Crippen LogP contribution in [0, 0.1) is 11.2 Å². The van der Waals surface area contributed by atoms with Crippen LogP contribution in [0.3, 0.4) is 0 Å². The Balaban J connectivity index is 2.14. The summed E-state index contributed by atoms with van der Waals surface area (Å²) in [6.45, 7) is 7.19. The van der Waals surface area contributed by atoms with Gasteiger partial charge in [-0.25, -0.2) is 4.39 Å². The van der Waals surface area contributed by atoms with E-state index in [0.717, 1.165) is 18.7 Å². The van der Waals surface area contributed by atoms with Crippen LogP contribution in [0.1, 0.15) is 37.8 Å². The van der Waals surface area contributed by atoms with Crippen molar-refractivity contribution in [3.63, 3.8) is 0 Å². The molecule has 0 unspecified atom stereocenters. The number of rotatable bonds is 3. The second-order valence-corrected chi connectivity index (χ2v) is 6.59. The third-order valence-electron chi connectivity index (χ3n) is 3.70. The summed E-state index contributed by atoms with van der Waals surface area (Å²) >= 11 is 4.95. The van der Waals surface area contributed by atoms with Gasteiger partial charge in [0.05, 0.1) is 0 Å². The van der Waals surface area contributed by atoms with E-state index in [0.29, 0.717) is 22.5 Å². The summed E-state index contributed by atoms with van der Waals surface area (Å²) in [4.78, 5) is 2.63. The zero-order valence-corrected chi connectivity index (χ0v) is 12.4. The van der Waals surface area contributed by atoms with E-state index in [1.165, 1.54) is 18.9 Å². The Labute approximate surface area is 119 Å². The van der Waals surface area contributed by atoms with Crippen LogP contribution in [0.4, 0.5) is 4.39 Å². The summed E-state index contributed by atoms with van der Waals surface area (Å²) in [5.41, 5.74) is 7.34. The van der Waals surface area contributed by atoms with Crippen molar-refractivity contribution in [2.45, 2.75) is 33.2 Å². The SMILES string of the molecule is CC1(C)CCCN(Cc2cc(C(N)=S)ccc2F)C1.